The third-order valence-electron chi connectivity index (χ3n) is 2.46. The third-order valence-corrected chi connectivity index (χ3v) is 3.10. The molecular weight excluding hydrogens is 240 g/mol. The minimum absolute atomic E-state index is 0.153. The van der Waals surface area contributed by atoms with Gasteiger partial charge in [-0.15, -0.1) is 5.10 Å². The molecule has 1 unspecified atom stereocenters. The van der Waals surface area contributed by atoms with Gasteiger partial charge in [-0.1, -0.05) is 0 Å². The van der Waals surface area contributed by atoms with E-state index in [4.69, 9.17) is 0 Å². The maximum Gasteiger partial charge on any atom is 0.346 e. The van der Waals surface area contributed by atoms with Crippen LogP contribution in [0.5, 0.6) is 0 Å². The Bertz CT molecular complexity index is 494. The molecule has 0 amide bonds. The van der Waals surface area contributed by atoms with Crippen LogP contribution in [0.25, 0.3) is 0 Å². The van der Waals surface area contributed by atoms with Crippen molar-refractivity contribution in [3.8, 4) is 0 Å². The Hall–Kier alpha value is -1.24. The minimum atomic E-state index is -0.419. The van der Waals surface area contributed by atoms with E-state index in [9.17, 15) is 9.59 Å². The van der Waals surface area contributed by atoms with Crippen LogP contribution in [0.3, 0.4) is 0 Å². The Morgan fingerprint density at radius 2 is 2.06 bits per heavy atom. The second-order valence-electron chi connectivity index (χ2n) is 3.95. The van der Waals surface area contributed by atoms with E-state index in [1.807, 2.05) is 13.2 Å². The molecule has 0 aliphatic rings. The summed E-state index contributed by atoms with van der Waals surface area (Å²) in [6, 6.07) is 0.153. The smallest absolute Gasteiger partial charge is 0.346 e. The first-order chi connectivity index (χ1) is 7.97. The fourth-order valence-electron chi connectivity index (χ4n) is 1.39. The zero-order valence-corrected chi connectivity index (χ0v) is 11.4. The summed E-state index contributed by atoms with van der Waals surface area (Å²) in [6.45, 7) is 1.99. The van der Waals surface area contributed by atoms with Crippen molar-refractivity contribution >= 4 is 17.6 Å². The zero-order valence-electron chi connectivity index (χ0n) is 10.6. The number of rotatable bonds is 5. The second-order valence-corrected chi connectivity index (χ2v) is 4.93. The first kappa shape index (κ1) is 13.8. The monoisotopic (exact) mass is 258 g/mol. The van der Waals surface area contributed by atoms with E-state index in [2.05, 4.69) is 10.4 Å². The van der Waals surface area contributed by atoms with Gasteiger partial charge >= 0.3 is 5.69 Å². The molecule has 1 aromatic heterocycles. The van der Waals surface area contributed by atoms with Gasteiger partial charge in [0.2, 0.25) is 5.82 Å². The number of aromatic nitrogens is 3. The number of anilines is 1. The van der Waals surface area contributed by atoms with Gasteiger partial charge in [0.05, 0.1) is 0 Å². The predicted molar refractivity (Wildman–Crippen MR) is 70.8 cm³/mol. The molecule has 0 saturated carbocycles. The van der Waals surface area contributed by atoms with Crippen LogP contribution in [0.4, 0.5) is 5.82 Å². The maximum absolute atomic E-state index is 11.8. The number of nitrogens with one attached hydrogen (secondary N) is 1. The van der Waals surface area contributed by atoms with Gasteiger partial charge in [0.15, 0.2) is 0 Å². The van der Waals surface area contributed by atoms with E-state index >= 15 is 0 Å². The molecule has 0 spiro atoms. The van der Waals surface area contributed by atoms with Crippen LogP contribution < -0.4 is 16.6 Å². The van der Waals surface area contributed by atoms with E-state index in [0.717, 1.165) is 21.4 Å². The van der Waals surface area contributed by atoms with Crippen molar-refractivity contribution in [3.05, 3.63) is 20.8 Å². The molecule has 0 radical (unpaired) electrons. The maximum atomic E-state index is 11.8. The highest BCUT2D eigenvalue weighted by atomic mass is 32.2. The van der Waals surface area contributed by atoms with E-state index in [1.165, 1.54) is 14.1 Å². The standard InChI is InChI=1S/C10H18N4O2S/c1-7(5-6-17-4)11-8-9(15)13(2)10(16)14(3)12-8/h7H,5-6H2,1-4H3,(H,11,12). The number of hydrogen-bond donors (Lipinski definition) is 1. The number of nitrogens with zero attached hydrogens (tertiary/aromatic N) is 3. The summed E-state index contributed by atoms with van der Waals surface area (Å²) in [4.78, 5) is 23.2. The lowest BCUT2D eigenvalue weighted by Crippen LogP contribution is -2.40. The van der Waals surface area contributed by atoms with E-state index in [-0.39, 0.29) is 17.4 Å². The lowest BCUT2D eigenvalue weighted by molar-refractivity contribution is 0.598. The van der Waals surface area contributed by atoms with Crippen molar-refractivity contribution in [2.45, 2.75) is 19.4 Å². The topological polar surface area (TPSA) is 68.9 Å². The van der Waals surface area contributed by atoms with Crippen LogP contribution in [-0.4, -0.2) is 32.4 Å². The summed E-state index contributed by atoms with van der Waals surface area (Å²) in [5.41, 5.74) is -0.804. The van der Waals surface area contributed by atoms with Crippen molar-refractivity contribution in [1.29, 1.82) is 0 Å². The average molecular weight is 258 g/mol. The van der Waals surface area contributed by atoms with Gasteiger partial charge in [-0.2, -0.15) is 11.8 Å². The quantitative estimate of drug-likeness (QED) is 0.807. The Kier molecular flexibility index (Phi) is 4.80. The molecule has 0 saturated heterocycles. The van der Waals surface area contributed by atoms with Gasteiger partial charge in [0.25, 0.3) is 5.56 Å². The number of hydrogen-bond acceptors (Lipinski definition) is 5. The molecule has 0 aliphatic carbocycles. The predicted octanol–water partition coefficient (Wildman–Crippen LogP) is 0.0325. The minimum Gasteiger partial charge on any atom is -0.362 e. The summed E-state index contributed by atoms with van der Waals surface area (Å²) < 4.78 is 2.21. The van der Waals surface area contributed by atoms with Crippen LogP contribution in [-0.2, 0) is 14.1 Å². The van der Waals surface area contributed by atoms with Gasteiger partial charge in [0, 0.05) is 20.1 Å². The molecule has 0 aliphatic heterocycles. The summed E-state index contributed by atoms with van der Waals surface area (Å²) in [5, 5.41) is 6.97. The highest BCUT2D eigenvalue weighted by Crippen LogP contribution is 2.03. The molecule has 7 heteroatoms. The molecule has 17 heavy (non-hydrogen) atoms. The third kappa shape index (κ3) is 3.36. The average Bonchev–Trinajstić information content (AvgIpc) is 2.30. The number of thioether (sulfide) groups is 1. The van der Waals surface area contributed by atoms with Crippen molar-refractivity contribution in [2.24, 2.45) is 14.1 Å². The second kappa shape index (κ2) is 5.90. The molecule has 1 aromatic rings. The summed E-state index contributed by atoms with van der Waals surface area (Å²) in [6.07, 6.45) is 2.98. The Labute approximate surface area is 104 Å². The molecule has 0 aromatic carbocycles. The van der Waals surface area contributed by atoms with Crippen molar-refractivity contribution in [3.63, 3.8) is 0 Å². The van der Waals surface area contributed by atoms with E-state index in [1.54, 1.807) is 11.8 Å². The fraction of sp³-hybridized carbons (Fsp3) is 0.700. The molecule has 1 heterocycles. The lowest BCUT2D eigenvalue weighted by atomic mass is 10.2. The van der Waals surface area contributed by atoms with Crippen LogP contribution >= 0.6 is 11.8 Å². The van der Waals surface area contributed by atoms with Crippen LogP contribution in [0.15, 0.2) is 9.59 Å². The molecule has 0 bridgehead atoms. The summed E-state index contributed by atoms with van der Waals surface area (Å²) in [5.74, 6) is 1.24. The summed E-state index contributed by atoms with van der Waals surface area (Å²) in [7, 11) is 2.98. The van der Waals surface area contributed by atoms with Crippen molar-refractivity contribution < 1.29 is 0 Å². The highest BCUT2D eigenvalue weighted by Gasteiger charge is 2.10. The van der Waals surface area contributed by atoms with Crippen molar-refractivity contribution in [2.75, 3.05) is 17.3 Å². The lowest BCUT2D eigenvalue weighted by Gasteiger charge is -2.14. The van der Waals surface area contributed by atoms with E-state index < -0.39 is 5.69 Å². The Morgan fingerprint density at radius 1 is 1.41 bits per heavy atom. The Morgan fingerprint density at radius 3 is 2.65 bits per heavy atom. The van der Waals surface area contributed by atoms with E-state index in [0.29, 0.717) is 0 Å². The highest BCUT2D eigenvalue weighted by molar-refractivity contribution is 7.98. The molecule has 1 rings (SSSR count). The van der Waals surface area contributed by atoms with Crippen LogP contribution in [0.1, 0.15) is 13.3 Å². The first-order valence-corrected chi connectivity index (χ1v) is 6.76. The zero-order chi connectivity index (χ0) is 13.0. The van der Waals surface area contributed by atoms with Gasteiger partial charge in [-0.3, -0.25) is 9.36 Å². The molecule has 96 valence electrons. The largest absolute Gasteiger partial charge is 0.362 e. The number of aryl methyl sites for hydroxylation is 1. The van der Waals surface area contributed by atoms with Gasteiger partial charge in [0.1, 0.15) is 0 Å². The van der Waals surface area contributed by atoms with Gasteiger partial charge in [-0.05, 0) is 25.4 Å². The summed E-state index contributed by atoms with van der Waals surface area (Å²) >= 11 is 1.75. The van der Waals surface area contributed by atoms with Crippen LogP contribution in [0.2, 0.25) is 0 Å². The molecule has 1 N–H and O–H groups in total. The molecule has 0 fully saturated rings. The normalized spacial score (nSPS) is 12.5. The van der Waals surface area contributed by atoms with Crippen LogP contribution in [0, 0.1) is 0 Å². The Balaban J connectivity index is 2.93. The first-order valence-electron chi connectivity index (χ1n) is 5.37. The molecule has 1 atom stereocenters. The van der Waals surface area contributed by atoms with Crippen molar-refractivity contribution in [1.82, 2.24) is 14.3 Å². The molecule has 6 nitrogen and oxygen atoms in total. The molecular formula is C10H18N4O2S. The van der Waals surface area contributed by atoms with Gasteiger partial charge in [-0.25, -0.2) is 9.48 Å². The van der Waals surface area contributed by atoms with Gasteiger partial charge < -0.3 is 5.32 Å². The SMILES string of the molecule is CSCCC(C)Nc1nn(C)c(=O)n(C)c1=O. The fourth-order valence-corrected chi connectivity index (χ4v) is 1.98.